The number of carbonyl (C=O) groups is 3. The van der Waals surface area contributed by atoms with Crippen molar-refractivity contribution in [3.8, 4) is 0 Å². The van der Waals surface area contributed by atoms with Gasteiger partial charge in [0.25, 0.3) is 0 Å². The minimum absolute atomic E-state index is 0.132. The van der Waals surface area contributed by atoms with E-state index < -0.39 is 17.2 Å². The quantitative estimate of drug-likeness (QED) is 0.214. The summed E-state index contributed by atoms with van der Waals surface area (Å²) in [4.78, 5) is 38.6. The fourth-order valence-electron chi connectivity index (χ4n) is 6.04. The molecule has 1 unspecified atom stereocenters. The Labute approximate surface area is 210 Å². The molecule has 0 aliphatic heterocycles. The van der Waals surface area contributed by atoms with Gasteiger partial charge in [0, 0.05) is 29.6 Å². The fourth-order valence-corrected chi connectivity index (χ4v) is 6.04. The first-order valence-electron chi connectivity index (χ1n) is 13.7. The highest BCUT2D eigenvalue weighted by molar-refractivity contribution is 5.87. The summed E-state index contributed by atoms with van der Waals surface area (Å²) in [5, 5.41) is 12.4. The van der Waals surface area contributed by atoms with E-state index in [1.807, 2.05) is 0 Å². The Morgan fingerprint density at radius 2 is 1.31 bits per heavy atom. The number of esters is 1. The average molecular weight is 491 g/mol. The number of hydrogen-bond acceptors (Lipinski definition) is 4. The molecule has 0 bridgehead atoms. The van der Waals surface area contributed by atoms with E-state index in [1.54, 1.807) is 13.8 Å². The lowest BCUT2D eigenvalue weighted by atomic mass is 9.76. The van der Waals surface area contributed by atoms with Gasteiger partial charge in [-0.1, -0.05) is 64.4 Å². The van der Waals surface area contributed by atoms with Crippen LogP contribution in [0.25, 0.3) is 0 Å². The molecule has 35 heavy (non-hydrogen) atoms. The molecule has 3 aliphatic rings. The smallest absolute Gasteiger partial charge is 0.335 e. The Kier molecular flexibility index (Phi) is 9.87. The van der Waals surface area contributed by atoms with Crippen LogP contribution in [0.15, 0.2) is 12.2 Å². The normalized spacial score (nSPS) is 22.8. The minimum Gasteiger partial charge on any atom is -0.436 e. The van der Waals surface area contributed by atoms with Crippen molar-refractivity contribution in [2.24, 2.45) is 0 Å². The van der Waals surface area contributed by atoms with Gasteiger partial charge in [-0.25, -0.2) is 14.4 Å². The molecular weight excluding hydrogens is 444 g/mol. The first-order valence-corrected chi connectivity index (χ1v) is 13.7. The standard InChI is InChI=1S/C27H46N4O4/c1-20(2)23(32)35-26(3,30-24(33)28-21-13-7-4-8-14-21)19-27(17-11-6-12-18-27)31-25(34)29-22-15-9-5-10-16-22/h21-22H,1,4-19H2,2-3H3,(H2,28,30,33)(H2,29,31,34). The summed E-state index contributed by atoms with van der Waals surface area (Å²) in [6.07, 6.45) is 15.8. The van der Waals surface area contributed by atoms with Gasteiger partial charge in [0.05, 0.1) is 0 Å². The Morgan fingerprint density at radius 3 is 1.83 bits per heavy atom. The van der Waals surface area contributed by atoms with E-state index in [0.717, 1.165) is 83.5 Å². The molecule has 1 atom stereocenters. The van der Waals surface area contributed by atoms with Gasteiger partial charge in [-0.3, -0.25) is 0 Å². The number of rotatable bonds is 8. The molecule has 0 aromatic rings. The topological polar surface area (TPSA) is 109 Å². The first kappa shape index (κ1) is 27.3. The summed E-state index contributed by atoms with van der Waals surface area (Å²) in [5.41, 5.74) is -1.59. The van der Waals surface area contributed by atoms with Crippen LogP contribution in [0.1, 0.15) is 117 Å². The van der Waals surface area contributed by atoms with E-state index in [4.69, 9.17) is 4.74 Å². The van der Waals surface area contributed by atoms with Crippen molar-refractivity contribution < 1.29 is 19.1 Å². The number of hydrogen-bond donors (Lipinski definition) is 4. The predicted molar refractivity (Wildman–Crippen MR) is 137 cm³/mol. The molecule has 0 heterocycles. The van der Waals surface area contributed by atoms with Crippen molar-refractivity contribution >= 4 is 18.0 Å². The van der Waals surface area contributed by atoms with Crippen molar-refractivity contribution in [3.05, 3.63) is 12.2 Å². The minimum atomic E-state index is -1.29. The molecule has 0 aromatic heterocycles. The lowest BCUT2D eigenvalue weighted by Gasteiger charge is -2.44. The van der Waals surface area contributed by atoms with Gasteiger partial charge >= 0.3 is 18.0 Å². The number of urea groups is 2. The average Bonchev–Trinajstić information content (AvgIpc) is 2.80. The highest BCUT2D eigenvalue weighted by atomic mass is 16.6. The number of nitrogens with one attached hydrogen (secondary N) is 4. The Balaban J connectivity index is 1.72. The van der Waals surface area contributed by atoms with E-state index in [1.165, 1.54) is 12.8 Å². The summed E-state index contributed by atoms with van der Waals surface area (Å²) in [6, 6.07) is -0.171. The highest BCUT2D eigenvalue weighted by Gasteiger charge is 2.44. The van der Waals surface area contributed by atoms with E-state index in [0.29, 0.717) is 6.42 Å². The molecule has 8 heteroatoms. The molecule has 0 radical (unpaired) electrons. The lowest BCUT2D eigenvalue weighted by Crippen LogP contribution is -2.63. The second-order valence-electron chi connectivity index (χ2n) is 11.3. The van der Waals surface area contributed by atoms with Crippen molar-refractivity contribution in [1.82, 2.24) is 21.3 Å². The maximum Gasteiger partial charge on any atom is 0.335 e. The molecule has 4 amide bonds. The lowest BCUT2D eigenvalue weighted by molar-refractivity contribution is -0.158. The second-order valence-corrected chi connectivity index (χ2v) is 11.3. The van der Waals surface area contributed by atoms with Crippen LogP contribution < -0.4 is 21.3 Å². The van der Waals surface area contributed by atoms with Crippen LogP contribution in [0.4, 0.5) is 9.59 Å². The predicted octanol–water partition coefficient (Wildman–Crippen LogP) is 5.18. The molecular formula is C27H46N4O4. The zero-order valence-corrected chi connectivity index (χ0v) is 21.8. The van der Waals surface area contributed by atoms with Crippen molar-refractivity contribution in [1.29, 1.82) is 0 Å². The maximum atomic E-state index is 13.0. The Morgan fingerprint density at radius 1 is 0.829 bits per heavy atom. The third-order valence-corrected chi connectivity index (χ3v) is 7.79. The van der Waals surface area contributed by atoms with Crippen molar-refractivity contribution in [2.45, 2.75) is 140 Å². The number of carbonyl (C=O) groups excluding carboxylic acids is 3. The zero-order chi connectivity index (χ0) is 25.3. The number of amides is 4. The van der Waals surface area contributed by atoms with Gasteiger partial charge in [0.1, 0.15) is 0 Å². The molecule has 198 valence electrons. The Hall–Kier alpha value is -2.25. The van der Waals surface area contributed by atoms with E-state index in [9.17, 15) is 14.4 Å². The van der Waals surface area contributed by atoms with Gasteiger partial charge in [0.2, 0.25) is 0 Å². The molecule has 4 N–H and O–H groups in total. The van der Waals surface area contributed by atoms with Crippen LogP contribution in [0.3, 0.4) is 0 Å². The van der Waals surface area contributed by atoms with Gasteiger partial charge in [-0.05, 0) is 52.4 Å². The van der Waals surface area contributed by atoms with E-state index >= 15 is 0 Å². The van der Waals surface area contributed by atoms with Crippen molar-refractivity contribution in [2.75, 3.05) is 0 Å². The monoisotopic (exact) mass is 490 g/mol. The van der Waals surface area contributed by atoms with E-state index in [2.05, 4.69) is 27.8 Å². The molecule has 3 saturated carbocycles. The van der Waals surface area contributed by atoms with Gasteiger partial charge < -0.3 is 26.0 Å². The van der Waals surface area contributed by atoms with Gasteiger partial charge in [-0.2, -0.15) is 0 Å². The first-order chi connectivity index (χ1) is 16.7. The Bertz CT molecular complexity index is 752. The second kappa shape index (κ2) is 12.6. The largest absolute Gasteiger partial charge is 0.436 e. The molecule has 3 aliphatic carbocycles. The molecule has 0 aromatic carbocycles. The number of ether oxygens (including phenoxy) is 1. The van der Waals surface area contributed by atoms with Crippen molar-refractivity contribution in [3.63, 3.8) is 0 Å². The molecule has 3 rings (SSSR count). The van der Waals surface area contributed by atoms with Crippen LogP contribution in [0, 0.1) is 0 Å². The third-order valence-electron chi connectivity index (χ3n) is 7.79. The SMILES string of the molecule is C=C(C)C(=O)OC(C)(CC1(NC(=O)NC2CCCCC2)CCCCC1)NC(=O)NC1CCCCC1. The summed E-state index contributed by atoms with van der Waals surface area (Å²) < 4.78 is 5.84. The molecule has 3 fully saturated rings. The van der Waals surface area contributed by atoms with Crippen LogP contribution in [0.5, 0.6) is 0 Å². The molecule has 8 nitrogen and oxygen atoms in total. The summed E-state index contributed by atoms with van der Waals surface area (Å²) in [6.45, 7) is 7.03. The van der Waals surface area contributed by atoms with E-state index in [-0.39, 0.29) is 29.7 Å². The zero-order valence-electron chi connectivity index (χ0n) is 21.8. The fraction of sp³-hybridized carbons (Fsp3) is 0.815. The summed E-state index contributed by atoms with van der Waals surface area (Å²) in [7, 11) is 0. The summed E-state index contributed by atoms with van der Waals surface area (Å²) >= 11 is 0. The molecule has 0 saturated heterocycles. The maximum absolute atomic E-state index is 13.0. The van der Waals surface area contributed by atoms with Crippen LogP contribution in [-0.4, -0.2) is 41.4 Å². The van der Waals surface area contributed by atoms with Crippen LogP contribution in [-0.2, 0) is 9.53 Å². The summed E-state index contributed by atoms with van der Waals surface area (Å²) in [5.74, 6) is -0.553. The van der Waals surface area contributed by atoms with Crippen LogP contribution in [0.2, 0.25) is 0 Å². The van der Waals surface area contributed by atoms with Gasteiger partial charge in [0.15, 0.2) is 5.72 Å². The third kappa shape index (κ3) is 8.73. The molecule has 0 spiro atoms. The van der Waals surface area contributed by atoms with Gasteiger partial charge in [-0.15, -0.1) is 0 Å². The van der Waals surface area contributed by atoms with Crippen LogP contribution >= 0.6 is 0 Å². The highest BCUT2D eigenvalue weighted by Crippen LogP contribution is 2.36.